The van der Waals surface area contributed by atoms with Crippen LogP contribution in [0.4, 0.5) is 4.79 Å². The van der Waals surface area contributed by atoms with E-state index in [-0.39, 0.29) is 6.09 Å². The number of hydrogen-bond donors (Lipinski definition) is 1. The Bertz CT molecular complexity index is 527. The van der Waals surface area contributed by atoms with E-state index in [1.807, 2.05) is 13.0 Å². The smallest absolute Gasteiger partial charge is 0.407 e. The molecule has 1 saturated carbocycles. The fourth-order valence-corrected chi connectivity index (χ4v) is 2.98. The summed E-state index contributed by atoms with van der Waals surface area (Å²) in [7, 11) is 0. The Morgan fingerprint density at radius 3 is 2.82 bits per heavy atom. The van der Waals surface area contributed by atoms with Gasteiger partial charge in [0.2, 0.25) is 0 Å². The molecule has 1 aliphatic heterocycles. The van der Waals surface area contributed by atoms with Crippen molar-refractivity contribution < 1.29 is 19.0 Å². The summed E-state index contributed by atoms with van der Waals surface area (Å²) in [6.07, 6.45) is 3.11. The number of nitrogens with one attached hydrogen (secondary N) is 1. The van der Waals surface area contributed by atoms with Gasteiger partial charge in [-0.15, -0.1) is 0 Å². The van der Waals surface area contributed by atoms with E-state index in [0.29, 0.717) is 38.2 Å². The highest BCUT2D eigenvalue weighted by Crippen LogP contribution is 2.46. The Kier molecular flexibility index (Phi) is 4.71. The van der Waals surface area contributed by atoms with E-state index in [1.54, 1.807) is 0 Å². The van der Waals surface area contributed by atoms with Gasteiger partial charge in [0, 0.05) is 6.54 Å². The number of ether oxygens (including phenoxy) is 3. The molecule has 0 saturated heterocycles. The van der Waals surface area contributed by atoms with E-state index < -0.39 is 0 Å². The van der Waals surface area contributed by atoms with Crippen molar-refractivity contribution in [1.82, 2.24) is 5.32 Å². The molecule has 1 heterocycles. The molecule has 1 aliphatic carbocycles. The first-order chi connectivity index (χ1) is 10.8. The molecule has 1 N–H and O–H groups in total. The molecule has 3 rings (SSSR count). The van der Waals surface area contributed by atoms with Crippen LogP contribution in [0.25, 0.3) is 0 Å². The first-order valence-electron chi connectivity index (χ1n) is 8.08. The number of carbonyl (C=O) groups excluding carboxylic acids is 1. The number of amides is 1. The summed E-state index contributed by atoms with van der Waals surface area (Å²) in [5.41, 5.74) is 1.28. The number of hydrogen-bond acceptors (Lipinski definition) is 4. The van der Waals surface area contributed by atoms with Crippen LogP contribution in [0.15, 0.2) is 18.2 Å². The van der Waals surface area contributed by atoms with Crippen LogP contribution < -0.4 is 14.8 Å². The average molecular weight is 305 g/mol. The van der Waals surface area contributed by atoms with E-state index in [4.69, 9.17) is 14.2 Å². The molecular weight excluding hydrogens is 282 g/mol. The van der Waals surface area contributed by atoms with Crippen molar-refractivity contribution in [2.45, 2.75) is 32.1 Å². The molecule has 0 aromatic heterocycles. The van der Waals surface area contributed by atoms with Gasteiger partial charge in [0.15, 0.2) is 11.5 Å². The van der Waals surface area contributed by atoms with E-state index in [1.165, 1.54) is 18.4 Å². The largest absolute Gasteiger partial charge is 0.486 e. The van der Waals surface area contributed by atoms with Crippen LogP contribution in [0.5, 0.6) is 11.5 Å². The third-order valence-electron chi connectivity index (χ3n) is 4.19. The first-order valence-corrected chi connectivity index (χ1v) is 8.08. The molecule has 1 aromatic rings. The maximum absolute atomic E-state index is 11.4. The second kappa shape index (κ2) is 6.90. The summed E-state index contributed by atoms with van der Waals surface area (Å²) in [4.78, 5) is 11.4. The van der Waals surface area contributed by atoms with Crippen LogP contribution in [-0.2, 0) is 4.74 Å². The van der Waals surface area contributed by atoms with Crippen LogP contribution in [-0.4, -0.2) is 32.5 Å². The third-order valence-corrected chi connectivity index (χ3v) is 4.19. The fraction of sp³-hybridized carbons (Fsp3) is 0.588. The maximum atomic E-state index is 11.4. The lowest BCUT2D eigenvalue weighted by molar-refractivity contribution is 0.152. The molecule has 0 radical (unpaired) electrons. The lowest BCUT2D eigenvalue weighted by Gasteiger charge is -2.22. The number of fused-ring (bicyclic) bond motifs is 1. The van der Waals surface area contributed by atoms with Gasteiger partial charge >= 0.3 is 6.09 Å². The van der Waals surface area contributed by atoms with E-state index >= 15 is 0 Å². The van der Waals surface area contributed by atoms with Crippen LogP contribution in [0.1, 0.15) is 37.7 Å². The first kappa shape index (κ1) is 15.0. The third kappa shape index (κ3) is 3.64. The Labute approximate surface area is 130 Å². The van der Waals surface area contributed by atoms with Crippen LogP contribution >= 0.6 is 0 Å². The molecule has 1 atom stereocenters. The fourth-order valence-electron chi connectivity index (χ4n) is 2.98. The standard InChI is InChI=1S/C17H23NO4/c1-2-20-17(19)18-8-7-14(12-3-4-12)13-5-6-15-16(11-13)22-10-9-21-15/h5-6,11-12,14H,2-4,7-10H2,1H3,(H,18,19). The van der Waals surface area contributed by atoms with Crippen molar-refractivity contribution in [2.75, 3.05) is 26.4 Å². The highest BCUT2D eigenvalue weighted by Gasteiger charge is 2.32. The van der Waals surface area contributed by atoms with E-state index in [0.717, 1.165) is 17.9 Å². The highest BCUT2D eigenvalue weighted by molar-refractivity contribution is 5.66. The molecule has 2 aliphatic rings. The van der Waals surface area contributed by atoms with Gasteiger partial charge in [-0.2, -0.15) is 0 Å². The number of rotatable bonds is 6. The van der Waals surface area contributed by atoms with E-state index in [9.17, 15) is 4.79 Å². The van der Waals surface area contributed by atoms with Gasteiger partial charge in [0.05, 0.1) is 6.61 Å². The molecule has 5 heteroatoms. The Hall–Kier alpha value is -1.91. The van der Waals surface area contributed by atoms with Gasteiger partial charge in [-0.1, -0.05) is 6.07 Å². The molecule has 1 aromatic carbocycles. The molecule has 0 spiro atoms. The van der Waals surface area contributed by atoms with Gasteiger partial charge in [0.25, 0.3) is 0 Å². The van der Waals surface area contributed by atoms with Gasteiger partial charge in [0.1, 0.15) is 13.2 Å². The summed E-state index contributed by atoms with van der Waals surface area (Å²) < 4.78 is 16.1. The summed E-state index contributed by atoms with van der Waals surface area (Å²) in [5.74, 6) is 2.84. The van der Waals surface area contributed by atoms with Gasteiger partial charge in [-0.05, 0) is 55.7 Å². The quantitative estimate of drug-likeness (QED) is 0.877. The van der Waals surface area contributed by atoms with Crippen molar-refractivity contribution in [3.05, 3.63) is 23.8 Å². The summed E-state index contributed by atoms with van der Waals surface area (Å²) >= 11 is 0. The van der Waals surface area contributed by atoms with Crippen molar-refractivity contribution in [3.63, 3.8) is 0 Å². The average Bonchev–Trinajstić information content (AvgIpc) is 3.36. The van der Waals surface area contributed by atoms with Gasteiger partial charge in [-0.25, -0.2) is 4.79 Å². The Morgan fingerprint density at radius 1 is 1.32 bits per heavy atom. The van der Waals surface area contributed by atoms with Crippen LogP contribution in [0, 0.1) is 5.92 Å². The maximum Gasteiger partial charge on any atom is 0.407 e. The number of alkyl carbamates (subject to hydrolysis) is 1. The number of carbonyl (C=O) groups is 1. The molecule has 0 bridgehead atoms. The molecule has 1 amide bonds. The predicted molar refractivity (Wildman–Crippen MR) is 82.5 cm³/mol. The zero-order chi connectivity index (χ0) is 15.4. The second-order valence-electron chi connectivity index (χ2n) is 5.78. The number of benzene rings is 1. The molecular formula is C17H23NO4. The molecule has 120 valence electrons. The second-order valence-corrected chi connectivity index (χ2v) is 5.78. The monoisotopic (exact) mass is 305 g/mol. The lowest BCUT2D eigenvalue weighted by Crippen LogP contribution is -2.26. The van der Waals surface area contributed by atoms with E-state index in [2.05, 4.69) is 17.4 Å². The SMILES string of the molecule is CCOC(=O)NCCC(c1ccc2c(c1)OCCO2)C1CC1. The normalized spacial score (nSPS) is 17.7. The van der Waals surface area contributed by atoms with Crippen molar-refractivity contribution in [2.24, 2.45) is 5.92 Å². The molecule has 1 fully saturated rings. The topological polar surface area (TPSA) is 56.8 Å². The Balaban J connectivity index is 1.62. The summed E-state index contributed by atoms with van der Waals surface area (Å²) in [6, 6.07) is 6.22. The van der Waals surface area contributed by atoms with Gasteiger partial charge < -0.3 is 19.5 Å². The summed E-state index contributed by atoms with van der Waals surface area (Å²) in [5, 5.41) is 2.81. The lowest BCUT2D eigenvalue weighted by atomic mass is 9.90. The molecule has 5 nitrogen and oxygen atoms in total. The highest BCUT2D eigenvalue weighted by atomic mass is 16.6. The molecule has 1 unspecified atom stereocenters. The summed E-state index contributed by atoms with van der Waals surface area (Å²) in [6.45, 7) is 4.06. The van der Waals surface area contributed by atoms with Gasteiger partial charge in [-0.3, -0.25) is 0 Å². The Morgan fingerprint density at radius 2 is 2.09 bits per heavy atom. The van der Waals surface area contributed by atoms with Crippen LogP contribution in [0.3, 0.4) is 0 Å². The zero-order valence-electron chi connectivity index (χ0n) is 13.0. The van der Waals surface area contributed by atoms with Crippen molar-refractivity contribution in [3.8, 4) is 11.5 Å². The van der Waals surface area contributed by atoms with Crippen molar-refractivity contribution in [1.29, 1.82) is 0 Å². The minimum Gasteiger partial charge on any atom is -0.486 e. The van der Waals surface area contributed by atoms with Crippen LogP contribution in [0.2, 0.25) is 0 Å². The molecule has 22 heavy (non-hydrogen) atoms. The minimum atomic E-state index is -0.334. The zero-order valence-corrected chi connectivity index (χ0v) is 13.0. The minimum absolute atomic E-state index is 0.334. The van der Waals surface area contributed by atoms with Crippen molar-refractivity contribution >= 4 is 6.09 Å². The predicted octanol–water partition coefficient (Wildman–Crippen LogP) is 3.09.